The molecular formula is C14H22N2O4S. The van der Waals surface area contributed by atoms with E-state index in [4.69, 9.17) is 0 Å². The molecule has 0 heterocycles. The lowest BCUT2D eigenvalue weighted by atomic mass is 10.2. The lowest BCUT2D eigenvalue weighted by molar-refractivity contribution is -0.140. The zero-order valence-corrected chi connectivity index (χ0v) is 13.4. The minimum atomic E-state index is -3.52. The van der Waals surface area contributed by atoms with Gasteiger partial charge in [-0.05, 0) is 18.6 Å². The topological polar surface area (TPSA) is 75.7 Å². The summed E-state index contributed by atoms with van der Waals surface area (Å²) in [6.45, 7) is 2.64. The Bertz CT molecular complexity index is 572. The summed E-state index contributed by atoms with van der Waals surface area (Å²) in [6.07, 6.45) is 0.904. The maximum atomic E-state index is 12.2. The Kier molecular flexibility index (Phi) is 6.64. The second-order valence-electron chi connectivity index (χ2n) is 4.57. The van der Waals surface area contributed by atoms with E-state index in [1.165, 1.54) is 7.11 Å². The number of benzene rings is 1. The molecule has 1 aromatic rings. The van der Waals surface area contributed by atoms with Crippen LogP contribution in [-0.2, 0) is 19.6 Å². The third-order valence-electron chi connectivity index (χ3n) is 3.00. The average Bonchev–Trinajstić information content (AvgIpc) is 2.46. The van der Waals surface area contributed by atoms with Crippen LogP contribution in [0.3, 0.4) is 0 Å². The third-order valence-corrected chi connectivity index (χ3v) is 4.60. The first-order valence-electron chi connectivity index (χ1n) is 6.79. The van der Waals surface area contributed by atoms with E-state index in [2.05, 4.69) is 9.46 Å². The number of methoxy groups -OCH3 is 1. The molecule has 0 unspecified atom stereocenters. The van der Waals surface area contributed by atoms with Crippen molar-refractivity contribution in [2.45, 2.75) is 24.7 Å². The molecule has 0 atom stereocenters. The first kappa shape index (κ1) is 17.5. The summed E-state index contributed by atoms with van der Waals surface area (Å²) < 4.78 is 31.4. The van der Waals surface area contributed by atoms with Crippen LogP contribution >= 0.6 is 0 Å². The van der Waals surface area contributed by atoms with Gasteiger partial charge in [0.05, 0.1) is 12.8 Å². The predicted molar refractivity (Wildman–Crippen MR) is 81.8 cm³/mol. The molecular weight excluding hydrogens is 292 g/mol. The molecule has 0 spiro atoms. The molecule has 1 N–H and O–H groups in total. The number of carbonyl (C=O) groups is 1. The maximum Gasteiger partial charge on any atom is 0.305 e. The summed E-state index contributed by atoms with van der Waals surface area (Å²) in [5, 5.41) is 0. The first-order valence-corrected chi connectivity index (χ1v) is 8.27. The van der Waals surface area contributed by atoms with E-state index in [0.29, 0.717) is 31.6 Å². The SMILES string of the molecule is CCNS(=O)(=O)c1ccccc1N(C)CCCC(=O)OC. The zero-order valence-electron chi connectivity index (χ0n) is 12.6. The van der Waals surface area contributed by atoms with Crippen LogP contribution < -0.4 is 9.62 Å². The molecule has 0 aliphatic rings. The number of anilines is 1. The van der Waals surface area contributed by atoms with Crippen LogP contribution in [-0.4, -0.2) is 41.6 Å². The first-order chi connectivity index (χ1) is 9.92. The van der Waals surface area contributed by atoms with Crippen molar-refractivity contribution < 1.29 is 17.9 Å². The second-order valence-corrected chi connectivity index (χ2v) is 6.31. The van der Waals surface area contributed by atoms with Gasteiger partial charge in [-0.3, -0.25) is 4.79 Å². The number of rotatable bonds is 8. The largest absolute Gasteiger partial charge is 0.469 e. The van der Waals surface area contributed by atoms with Gasteiger partial charge < -0.3 is 9.64 Å². The van der Waals surface area contributed by atoms with Crippen LogP contribution in [0.15, 0.2) is 29.2 Å². The summed E-state index contributed by atoms with van der Waals surface area (Å²) in [7, 11) is -0.361. The van der Waals surface area contributed by atoms with Crippen molar-refractivity contribution >= 4 is 21.7 Å². The predicted octanol–water partition coefficient (Wildman–Crippen LogP) is 1.37. The zero-order chi connectivity index (χ0) is 15.9. The van der Waals surface area contributed by atoms with Gasteiger partial charge in [-0.2, -0.15) is 0 Å². The molecule has 6 nitrogen and oxygen atoms in total. The highest BCUT2D eigenvalue weighted by molar-refractivity contribution is 7.89. The van der Waals surface area contributed by atoms with Gasteiger partial charge in [-0.1, -0.05) is 19.1 Å². The minimum absolute atomic E-state index is 0.243. The molecule has 0 aliphatic heterocycles. The Balaban J connectivity index is 2.85. The Morgan fingerprint density at radius 3 is 2.62 bits per heavy atom. The van der Waals surface area contributed by atoms with Crippen molar-refractivity contribution in [3.63, 3.8) is 0 Å². The van der Waals surface area contributed by atoms with Crippen molar-refractivity contribution in [2.24, 2.45) is 0 Å². The smallest absolute Gasteiger partial charge is 0.305 e. The number of hydrogen-bond donors (Lipinski definition) is 1. The van der Waals surface area contributed by atoms with Crippen molar-refractivity contribution in [3.05, 3.63) is 24.3 Å². The van der Waals surface area contributed by atoms with Crippen molar-refractivity contribution in [3.8, 4) is 0 Å². The van der Waals surface area contributed by atoms with Crippen molar-refractivity contribution in [1.29, 1.82) is 0 Å². The van der Waals surface area contributed by atoms with E-state index < -0.39 is 10.0 Å². The summed E-state index contributed by atoms with van der Waals surface area (Å²) in [5.74, 6) is -0.267. The summed E-state index contributed by atoms with van der Waals surface area (Å²) in [5.41, 5.74) is 0.614. The molecule has 0 aliphatic carbocycles. The van der Waals surface area contributed by atoms with Crippen LogP contribution in [0, 0.1) is 0 Å². The van der Waals surface area contributed by atoms with Crippen molar-refractivity contribution in [1.82, 2.24) is 4.72 Å². The summed E-state index contributed by atoms with van der Waals surface area (Å²) >= 11 is 0. The van der Waals surface area contributed by atoms with Crippen LogP contribution in [0.1, 0.15) is 19.8 Å². The van der Waals surface area contributed by atoms with Gasteiger partial charge in [0.1, 0.15) is 4.90 Å². The molecule has 21 heavy (non-hydrogen) atoms. The van der Waals surface area contributed by atoms with Gasteiger partial charge in [-0.25, -0.2) is 13.1 Å². The van der Waals surface area contributed by atoms with Crippen LogP contribution in [0.5, 0.6) is 0 Å². The molecule has 0 bridgehead atoms. The Labute approximate surface area is 126 Å². The van der Waals surface area contributed by atoms with E-state index in [9.17, 15) is 13.2 Å². The molecule has 118 valence electrons. The summed E-state index contributed by atoms with van der Waals surface area (Å²) in [4.78, 5) is 13.2. The van der Waals surface area contributed by atoms with E-state index in [-0.39, 0.29) is 10.9 Å². The third kappa shape index (κ3) is 5.02. The molecule has 1 rings (SSSR count). The number of sulfonamides is 1. The molecule has 0 radical (unpaired) electrons. The minimum Gasteiger partial charge on any atom is -0.469 e. The highest BCUT2D eigenvalue weighted by Gasteiger charge is 2.19. The number of hydrogen-bond acceptors (Lipinski definition) is 5. The van der Waals surface area contributed by atoms with E-state index in [1.807, 2.05) is 4.90 Å². The quantitative estimate of drug-likeness (QED) is 0.734. The lowest BCUT2D eigenvalue weighted by Crippen LogP contribution is -2.27. The lowest BCUT2D eigenvalue weighted by Gasteiger charge is -2.22. The van der Waals surface area contributed by atoms with Crippen LogP contribution in [0.2, 0.25) is 0 Å². The van der Waals surface area contributed by atoms with Crippen LogP contribution in [0.25, 0.3) is 0 Å². The number of ether oxygens (including phenoxy) is 1. The highest BCUT2D eigenvalue weighted by atomic mass is 32.2. The maximum absolute atomic E-state index is 12.2. The average molecular weight is 314 g/mol. The molecule has 1 aromatic carbocycles. The van der Waals surface area contributed by atoms with E-state index >= 15 is 0 Å². The monoisotopic (exact) mass is 314 g/mol. The highest BCUT2D eigenvalue weighted by Crippen LogP contribution is 2.24. The van der Waals surface area contributed by atoms with Gasteiger partial charge in [0.15, 0.2) is 0 Å². The van der Waals surface area contributed by atoms with Gasteiger partial charge in [0, 0.05) is 26.6 Å². The van der Waals surface area contributed by atoms with E-state index in [0.717, 1.165) is 0 Å². The number of para-hydroxylation sites is 1. The standard InChI is InChI=1S/C14H22N2O4S/c1-4-15-21(18,19)13-9-6-5-8-12(13)16(2)11-7-10-14(17)20-3/h5-6,8-9,15H,4,7,10-11H2,1-3H3. The normalized spacial score (nSPS) is 11.2. The molecule has 0 fully saturated rings. The Morgan fingerprint density at radius 1 is 1.33 bits per heavy atom. The fourth-order valence-corrected chi connectivity index (χ4v) is 3.24. The van der Waals surface area contributed by atoms with Gasteiger partial charge in [0.2, 0.25) is 10.0 Å². The molecule has 0 aromatic heterocycles. The fourth-order valence-electron chi connectivity index (χ4n) is 1.95. The number of esters is 1. The van der Waals surface area contributed by atoms with Gasteiger partial charge >= 0.3 is 5.97 Å². The molecule has 7 heteroatoms. The Hall–Kier alpha value is -1.60. The summed E-state index contributed by atoms with van der Waals surface area (Å²) in [6, 6.07) is 6.81. The second kappa shape index (κ2) is 7.99. The van der Waals surface area contributed by atoms with Crippen molar-refractivity contribution in [2.75, 3.05) is 32.1 Å². The fraction of sp³-hybridized carbons (Fsp3) is 0.500. The Morgan fingerprint density at radius 2 is 2.00 bits per heavy atom. The van der Waals surface area contributed by atoms with Crippen LogP contribution in [0.4, 0.5) is 5.69 Å². The number of carbonyl (C=O) groups excluding carboxylic acids is 1. The number of nitrogens with zero attached hydrogens (tertiary/aromatic N) is 1. The van der Waals surface area contributed by atoms with Gasteiger partial charge in [0.25, 0.3) is 0 Å². The van der Waals surface area contributed by atoms with Gasteiger partial charge in [-0.15, -0.1) is 0 Å². The number of nitrogens with one attached hydrogen (secondary N) is 1. The molecule has 0 saturated carbocycles. The molecule has 0 saturated heterocycles. The van der Waals surface area contributed by atoms with E-state index in [1.54, 1.807) is 38.2 Å². The molecule has 0 amide bonds.